The Bertz CT molecular complexity index is 831. The third kappa shape index (κ3) is 3.57. The minimum Gasteiger partial charge on any atom is -0.322 e. The summed E-state index contributed by atoms with van der Waals surface area (Å²) < 4.78 is 1.67. The third-order valence-corrected chi connectivity index (χ3v) is 4.20. The first-order valence-electron chi connectivity index (χ1n) is 6.98. The molecule has 1 N–H and O–H groups in total. The van der Waals surface area contributed by atoms with E-state index in [1.807, 2.05) is 31.2 Å². The van der Waals surface area contributed by atoms with Gasteiger partial charge in [-0.1, -0.05) is 17.8 Å². The average Bonchev–Trinajstić information content (AvgIpc) is 2.88. The number of rotatable bonds is 4. The number of carbonyl (C=O) groups excluding carboxylic acids is 1. The number of nitrogens with one attached hydrogen (secondary N) is 1. The predicted octanol–water partition coefficient (Wildman–Crippen LogP) is 2.92. The van der Waals surface area contributed by atoms with Crippen LogP contribution in [0.1, 0.15) is 16.1 Å². The molecular formula is C16H15N5OS. The van der Waals surface area contributed by atoms with Gasteiger partial charge in [-0.15, -0.1) is 0 Å². The summed E-state index contributed by atoms with van der Waals surface area (Å²) in [5, 5.41) is 8.58. The molecule has 3 aromatic rings. The van der Waals surface area contributed by atoms with Crippen molar-refractivity contribution in [3.05, 3.63) is 60.2 Å². The molecule has 0 aliphatic carbocycles. The van der Waals surface area contributed by atoms with E-state index in [-0.39, 0.29) is 5.91 Å². The second-order valence-electron chi connectivity index (χ2n) is 4.87. The van der Waals surface area contributed by atoms with Crippen molar-refractivity contribution in [2.24, 2.45) is 7.05 Å². The van der Waals surface area contributed by atoms with Crippen LogP contribution in [-0.2, 0) is 7.05 Å². The third-order valence-electron chi connectivity index (χ3n) is 3.32. The van der Waals surface area contributed by atoms with Crippen LogP contribution in [0.5, 0.6) is 0 Å². The Morgan fingerprint density at radius 1 is 1.17 bits per heavy atom. The van der Waals surface area contributed by atoms with Crippen molar-refractivity contribution in [1.29, 1.82) is 0 Å². The lowest BCUT2D eigenvalue weighted by molar-refractivity contribution is 0.102. The van der Waals surface area contributed by atoms with Crippen molar-refractivity contribution >= 4 is 23.4 Å². The number of anilines is 1. The molecule has 0 spiro atoms. The number of carbonyl (C=O) groups is 1. The van der Waals surface area contributed by atoms with E-state index in [0.717, 1.165) is 15.7 Å². The first-order chi connectivity index (χ1) is 11.1. The van der Waals surface area contributed by atoms with Crippen molar-refractivity contribution in [2.45, 2.75) is 17.0 Å². The largest absolute Gasteiger partial charge is 0.322 e. The van der Waals surface area contributed by atoms with Crippen molar-refractivity contribution in [2.75, 3.05) is 5.32 Å². The molecule has 6 nitrogen and oxygen atoms in total. The summed E-state index contributed by atoms with van der Waals surface area (Å²) in [7, 11) is 1.81. The fraction of sp³-hybridized carbons (Fsp3) is 0.125. The van der Waals surface area contributed by atoms with E-state index in [9.17, 15) is 4.79 Å². The molecule has 3 aromatic heterocycles. The van der Waals surface area contributed by atoms with E-state index in [0.29, 0.717) is 11.3 Å². The highest BCUT2D eigenvalue weighted by atomic mass is 32.2. The highest BCUT2D eigenvalue weighted by Crippen LogP contribution is 2.25. The Labute approximate surface area is 138 Å². The molecule has 0 aromatic carbocycles. The second kappa shape index (κ2) is 6.62. The van der Waals surface area contributed by atoms with Crippen molar-refractivity contribution in [1.82, 2.24) is 19.7 Å². The van der Waals surface area contributed by atoms with E-state index in [1.54, 1.807) is 36.4 Å². The molecule has 0 fully saturated rings. The highest BCUT2D eigenvalue weighted by Gasteiger charge is 2.13. The van der Waals surface area contributed by atoms with Crippen LogP contribution in [0.2, 0.25) is 0 Å². The Balaban J connectivity index is 1.75. The molecule has 0 radical (unpaired) electrons. The van der Waals surface area contributed by atoms with Gasteiger partial charge >= 0.3 is 0 Å². The summed E-state index contributed by atoms with van der Waals surface area (Å²) in [5.41, 5.74) is 2.06. The molecule has 3 rings (SSSR count). The molecule has 0 aliphatic heterocycles. The highest BCUT2D eigenvalue weighted by molar-refractivity contribution is 7.99. The molecule has 116 valence electrons. The zero-order valence-electron chi connectivity index (χ0n) is 12.7. The molecular weight excluding hydrogens is 310 g/mol. The first kappa shape index (κ1) is 15.2. The molecule has 23 heavy (non-hydrogen) atoms. The van der Waals surface area contributed by atoms with Crippen LogP contribution in [0.3, 0.4) is 0 Å². The van der Waals surface area contributed by atoms with Gasteiger partial charge in [0, 0.05) is 30.8 Å². The Morgan fingerprint density at radius 3 is 2.70 bits per heavy atom. The lowest BCUT2D eigenvalue weighted by atomic mass is 10.2. The molecule has 3 heterocycles. The predicted molar refractivity (Wildman–Crippen MR) is 88.5 cm³/mol. The van der Waals surface area contributed by atoms with E-state index in [1.165, 1.54) is 11.8 Å². The van der Waals surface area contributed by atoms with Crippen LogP contribution in [0.15, 0.2) is 59.0 Å². The van der Waals surface area contributed by atoms with Crippen LogP contribution in [-0.4, -0.2) is 25.7 Å². The number of aromatic nitrogens is 4. The quantitative estimate of drug-likeness (QED) is 0.798. The summed E-state index contributed by atoms with van der Waals surface area (Å²) >= 11 is 1.44. The Hall–Kier alpha value is -2.67. The lowest BCUT2D eigenvalue weighted by Crippen LogP contribution is -2.13. The van der Waals surface area contributed by atoms with Crippen molar-refractivity contribution in [3.63, 3.8) is 0 Å². The monoisotopic (exact) mass is 325 g/mol. The van der Waals surface area contributed by atoms with E-state index in [4.69, 9.17) is 0 Å². The number of aryl methyl sites for hydroxylation is 1. The fourth-order valence-electron chi connectivity index (χ4n) is 1.98. The zero-order chi connectivity index (χ0) is 16.2. The summed E-state index contributed by atoms with van der Waals surface area (Å²) in [6, 6.07) is 9.28. The number of pyridine rings is 2. The van der Waals surface area contributed by atoms with Gasteiger partial charge < -0.3 is 5.32 Å². The molecule has 0 saturated carbocycles. The topological polar surface area (TPSA) is 72.7 Å². The van der Waals surface area contributed by atoms with Gasteiger partial charge in [0.1, 0.15) is 10.1 Å². The summed E-state index contributed by atoms with van der Waals surface area (Å²) in [6.07, 6.45) is 4.96. The second-order valence-corrected chi connectivity index (χ2v) is 5.91. The van der Waals surface area contributed by atoms with Crippen LogP contribution in [0.25, 0.3) is 0 Å². The minimum absolute atomic E-state index is 0.185. The molecule has 7 heteroatoms. The summed E-state index contributed by atoms with van der Waals surface area (Å²) in [6.45, 7) is 1.86. The zero-order valence-corrected chi connectivity index (χ0v) is 13.5. The van der Waals surface area contributed by atoms with Crippen molar-refractivity contribution in [3.8, 4) is 0 Å². The van der Waals surface area contributed by atoms with Gasteiger partial charge in [0.15, 0.2) is 0 Å². The molecule has 0 bridgehead atoms. The molecule has 0 atom stereocenters. The van der Waals surface area contributed by atoms with Gasteiger partial charge in [-0.3, -0.25) is 9.48 Å². The van der Waals surface area contributed by atoms with Gasteiger partial charge in [0.25, 0.3) is 5.91 Å². The van der Waals surface area contributed by atoms with E-state index >= 15 is 0 Å². The molecule has 0 unspecified atom stereocenters. The van der Waals surface area contributed by atoms with Gasteiger partial charge in [0.05, 0.1) is 11.8 Å². The van der Waals surface area contributed by atoms with E-state index < -0.39 is 0 Å². The Morgan fingerprint density at radius 2 is 2.00 bits per heavy atom. The van der Waals surface area contributed by atoms with E-state index in [2.05, 4.69) is 20.4 Å². The minimum atomic E-state index is -0.185. The maximum absolute atomic E-state index is 12.3. The van der Waals surface area contributed by atoms with Crippen molar-refractivity contribution < 1.29 is 4.79 Å². The number of hydrogen-bond donors (Lipinski definition) is 1. The standard InChI is InChI=1S/C16H15N5OS/c1-11-13(10-19-21(11)2)16(22)20-12-6-8-18-15(9-12)23-14-5-3-4-7-17-14/h3-10H,1-2H3,(H,18,20,22). The SMILES string of the molecule is Cc1c(C(=O)Nc2ccnc(Sc3ccccn3)c2)cnn1C. The lowest BCUT2D eigenvalue weighted by Gasteiger charge is -2.06. The van der Waals surface area contributed by atoms with Crippen LogP contribution >= 0.6 is 11.8 Å². The fourth-order valence-corrected chi connectivity index (χ4v) is 2.75. The maximum Gasteiger partial charge on any atom is 0.259 e. The normalized spacial score (nSPS) is 10.5. The molecule has 0 saturated heterocycles. The first-order valence-corrected chi connectivity index (χ1v) is 7.80. The van der Waals surface area contributed by atoms with Gasteiger partial charge in [-0.05, 0) is 31.2 Å². The summed E-state index contributed by atoms with van der Waals surface area (Å²) in [4.78, 5) is 20.9. The number of hydrogen-bond acceptors (Lipinski definition) is 5. The van der Waals surface area contributed by atoms with Crippen LogP contribution in [0, 0.1) is 6.92 Å². The summed E-state index contributed by atoms with van der Waals surface area (Å²) in [5.74, 6) is -0.185. The van der Waals surface area contributed by atoms with Crippen LogP contribution < -0.4 is 5.32 Å². The van der Waals surface area contributed by atoms with Gasteiger partial charge in [0.2, 0.25) is 0 Å². The maximum atomic E-state index is 12.3. The van der Waals surface area contributed by atoms with Gasteiger partial charge in [-0.2, -0.15) is 5.10 Å². The smallest absolute Gasteiger partial charge is 0.259 e. The molecule has 0 aliphatic rings. The molecule has 1 amide bonds. The number of amides is 1. The Kier molecular flexibility index (Phi) is 4.38. The van der Waals surface area contributed by atoms with Crippen LogP contribution in [0.4, 0.5) is 5.69 Å². The number of nitrogens with zero attached hydrogens (tertiary/aromatic N) is 4. The average molecular weight is 325 g/mol. The van der Waals surface area contributed by atoms with Gasteiger partial charge in [-0.25, -0.2) is 9.97 Å².